The number of amides is 1. The van der Waals surface area contributed by atoms with E-state index in [4.69, 9.17) is 0 Å². The molecule has 1 atom stereocenters. The van der Waals surface area contributed by atoms with Gasteiger partial charge in [-0.15, -0.1) is 0 Å². The maximum atomic E-state index is 11.9. The average Bonchev–Trinajstić information content (AvgIpc) is 2.59. The van der Waals surface area contributed by atoms with Gasteiger partial charge in [0.15, 0.2) is 0 Å². The van der Waals surface area contributed by atoms with Gasteiger partial charge < -0.3 is 5.32 Å². The lowest BCUT2D eigenvalue weighted by Crippen LogP contribution is -2.33. The van der Waals surface area contributed by atoms with E-state index < -0.39 is 0 Å². The molecule has 4 nitrogen and oxygen atoms in total. The van der Waals surface area contributed by atoms with Crippen molar-refractivity contribution in [3.05, 3.63) is 16.4 Å². The first-order chi connectivity index (χ1) is 7.10. The van der Waals surface area contributed by atoms with E-state index in [2.05, 4.69) is 26.3 Å². The Morgan fingerprint density at radius 2 is 2.33 bits per heavy atom. The van der Waals surface area contributed by atoms with Gasteiger partial charge in [0, 0.05) is 12.6 Å². The van der Waals surface area contributed by atoms with Crippen molar-refractivity contribution >= 4 is 21.8 Å². The van der Waals surface area contributed by atoms with Crippen molar-refractivity contribution in [1.29, 1.82) is 0 Å². The summed E-state index contributed by atoms with van der Waals surface area (Å²) >= 11 is 3.33. The van der Waals surface area contributed by atoms with Gasteiger partial charge in [-0.1, -0.05) is 6.92 Å². The summed E-state index contributed by atoms with van der Waals surface area (Å²) in [5, 5.41) is 7.02. The number of hydrogen-bond donors (Lipinski definition) is 1. The van der Waals surface area contributed by atoms with Crippen LogP contribution in [0.4, 0.5) is 0 Å². The van der Waals surface area contributed by atoms with E-state index in [-0.39, 0.29) is 11.9 Å². The van der Waals surface area contributed by atoms with Crippen LogP contribution in [0.5, 0.6) is 0 Å². The summed E-state index contributed by atoms with van der Waals surface area (Å²) in [6.07, 6.45) is 2.57. The zero-order valence-corrected chi connectivity index (χ0v) is 10.8. The molecule has 0 aliphatic heterocycles. The molecule has 0 saturated carbocycles. The molecular formula is C10H16BrN3O. The minimum absolute atomic E-state index is 0.0735. The topological polar surface area (TPSA) is 46.9 Å². The van der Waals surface area contributed by atoms with E-state index in [0.29, 0.717) is 12.2 Å². The van der Waals surface area contributed by atoms with Crippen molar-refractivity contribution in [2.24, 2.45) is 0 Å². The number of carbonyl (C=O) groups is 1. The van der Waals surface area contributed by atoms with Gasteiger partial charge in [-0.3, -0.25) is 9.48 Å². The van der Waals surface area contributed by atoms with Gasteiger partial charge in [0.05, 0.1) is 10.7 Å². The number of nitrogens with zero attached hydrogens (tertiary/aromatic N) is 2. The molecule has 0 saturated heterocycles. The Morgan fingerprint density at radius 3 is 2.87 bits per heavy atom. The van der Waals surface area contributed by atoms with Crippen LogP contribution in [0.15, 0.2) is 10.7 Å². The zero-order chi connectivity index (χ0) is 11.4. The SMILES string of the molecule is CCC(C)NC(=O)c1c(Br)cnn1CC. The van der Waals surface area contributed by atoms with E-state index in [1.54, 1.807) is 10.9 Å². The maximum absolute atomic E-state index is 11.9. The molecular weight excluding hydrogens is 258 g/mol. The van der Waals surface area contributed by atoms with Gasteiger partial charge in [0.2, 0.25) is 0 Å². The van der Waals surface area contributed by atoms with Gasteiger partial charge >= 0.3 is 0 Å². The first-order valence-corrected chi connectivity index (χ1v) is 5.91. The standard InChI is InChI=1S/C10H16BrN3O/c1-4-7(3)13-10(15)9-8(11)6-12-14(9)5-2/h6-7H,4-5H2,1-3H3,(H,13,15). The number of rotatable bonds is 4. The number of halogens is 1. The van der Waals surface area contributed by atoms with Crippen molar-refractivity contribution in [2.45, 2.75) is 39.8 Å². The van der Waals surface area contributed by atoms with E-state index in [9.17, 15) is 4.79 Å². The number of nitrogens with one attached hydrogen (secondary N) is 1. The molecule has 1 N–H and O–H groups in total. The maximum Gasteiger partial charge on any atom is 0.270 e. The van der Waals surface area contributed by atoms with Gasteiger partial charge in [-0.05, 0) is 36.2 Å². The van der Waals surface area contributed by atoms with Crippen LogP contribution in [-0.2, 0) is 6.54 Å². The summed E-state index contributed by atoms with van der Waals surface area (Å²) in [6, 6.07) is 0.185. The Labute approximate surface area is 98.2 Å². The van der Waals surface area contributed by atoms with Crippen LogP contribution < -0.4 is 5.32 Å². The fourth-order valence-corrected chi connectivity index (χ4v) is 1.70. The molecule has 1 unspecified atom stereocenters. The summed E-state index contributed by atoms with van der Waals surface area (Å²) in [5.74, 6) is -0.0735. The summed E-state index contributed by atoms with van der Waals surface area (Å²) in [7, 11) is 0. The molecule has 5 heteroatoms. The highest BCUT2D eigenvalue weighted by molar-refractivity contribution is 9.10. The van der Waals surface area contributed by atoms with Crippen LogP contribution in [0.2, 0.25) is 0 Å². The predicted octanol–water partition coefficient (Wildman–Crippen LogP) is 2.19. The predicted molar refractivity (Wildman–Crippen MR) is 62.8 cm³/mol. The smallest absolute Gasteiger partial charge is 0.270 e. The fourth-order valence-electron chi connectivity index (χ4n) is 1.22. The van der Waals surface area contributed by atoms with Crippen molar-refractivity contribution in [1.82, 2.24) is 15.1 Å². The highest BCUT2D eigenvalue weighted by Crippen LogP contribution is 2.15. The third-order valence-electron chi connectivity index (χ3n) is 2.30. The number of aromatic nitrogens is 2. The third kappa shape index (κ3) is 2.81. The Balaban J connectivity index is 2.85. The van der Waals surface area contributed by atoms with E-state index in [1.807, 2.05) is 20.8 Å². The van der Waals surface area contributed by atoms with Gasteiger partial charge in [0.25, 0.3) is 5.91 Å². The summed E-state index contributed by atoms with van der Waals surface area (Å²) in [6.45, 7) is 6.67. The second-order valence-corrected chi connectivity index (χ2v) is 4.29. The first-order valence-electron chi connectivity index (χ1n) is 5.12. The highest BCUT2D eigenvalue weighted by Gasteiger charge is 2.17. The average molecular weight is 274 g/mol. The summed E-state index contributed by atoms with van der Waals surface area (Å²) in [5.41, 5.74) is 0.595. The molecule has 0 aliphatic carbocycles. The molecule has 1 amide bonds. The third-order valence-corrected chi connectivity index (χ3v) is 2.88. The number of hydrogen-bond acceptors (Lipinski definition) is 2. The molecule has 1 aromatic heterocycles. The van der Waals surface area contributed by atoms with Gasteiger partial charge in [0.1, 0.15) is 5.69 Å². The van der Waals surface area contributed by atoms with Crippen molar-refractivity contribution < 1.29 is 4.79 Å². The zero-order valence-electron chi connectivity index (χ0n) is 9.25. The lowest BCUT2D eigenvalue weighted by Gasteiger charge is -2.12. The Kier molecular flexibility index (Phi) is 4.32. The van der Waals surface area contributed by atoms with Crippen LogP contribution >= 0.6 is 15.9 Å². The highest BCUT2D eigenvalue weighted by atomic mass is 79.9. The van der Waals surface area contributed by atoms with Crippen molar-refractivity contribution in [2.75, 3.05) is 0 Å². The minimum Gasteiger partial charge on any atom is -0.348 e. The number of carbonyl (C=O) groups excluding carboxylic acids is 1. The number of aryl methyl sites for hydroxylation is 1. The van der Waals surface area contributed by atoms with Crippen LogP contribution in [0.25, 0.3) is 0 Å². The van der Waals surface area contributed by atoms with Crippen molar-refractivity contribution in [3.8, 4) is 0 Å². The Hall–Kier alpha value is -0.840. The summed E-state index contributed by atoms with van der Waals surface area (Å²) in [4.78, 5) is 11.9. The minimum atomic E-state index is -0.0735. The normalized spacial score (nSPS) is 12.5. The van der Waals surface area contributed by atoms with Crippen LogP contribution in [-0.4, -0.2) is 21.7 Å². The molecule has 0 fully saturated rings. The second-order valence-electron chi connectivity index (χ2n) is 3.44. The van der Waals surface area contributed by atoms with E-state index in [1.165, 1.54) is 0 Å². The monoisotopic (exact) mass is 273 g/mol. The molecule has 84 valence electrons. The molecule has 0 radical (unpaired) electrons. The lowest BCUT2D eigenvalue weighted by molar-refractivity contribution is 0.0927. The molecule has 15 heavy (non-hydrogen) atoms. The quantitative estimate of drug-likeness (QED) is 0.914. The summed E-state index contributed by atoms with van der Waals surface area (Å²) < 4.78 is 2.42. The van der Waals surface area contributed by atoms with Gasteiger partial charge in [-0.2, -0.15) is 5.10 Å². The molecule has 1 heterocycles. The van der Waals surface area contributed by atoms with E-state index in [0.717, 1.165) is 10.9 Å². The van der Waals surface area contributed by atoms with E-state index >= 15 is 0 Å². The molecule has 0 spiro atoms. The van der Waals surface area contributed by atoms with Crippen LogP contribution in [0.3, 0.4) is 0 Å². The Morgan fingerprint density at radius 1 is 1.67 bits per heavy atom. The molecule has 1 rings (SSSR count). The molecule has 1 aromatic rings. The van der Waals surface area contributed by atoms with Gasteiger partial charge in [-0.25, -0.2) is 0 Å². The first kappa shape index (κ1) is 12.2. The van der Waals surface area contributed by atoms with Crippen molar-refractivity contribution in [3.63, 3.8) is 0 Å². The fraction of sp³-hybridized carbons (Fsp3) is 0.600. The second kappa shape index (κ2) is 5.30. The Bertz CT molecular complexity index is 348. The molecule has 0 aromatic carbocycles. The lowest BCUT2D eigenvalue weighted by atomic mass is 10.2. The molecule has 0 bridgehead atoms. The van der Waals surface area contributed by atoms with Crippen LogP contribution in [0.1, 0.15) is 37.7 Å². The van der Waals surface area contributed by atoms with Crippen LogP contribution in [0, 0.1) is 0 Å². The largest absolute Gasteiger partial charge is 0.348 e. The molecule has 0 aliphatic rings.